The zero-order chi connectivity index (χ0) is 14.3. The van der Waals surface area contributed by atoms with Gasteiger partial charge in [-0.05, 0) is 42.2 Å². The van der Waals surface area contributed by atoms with Gasteiger partial charge >= 0.3 is 5.97 Å². The molecular weight excluding hydrogens is 256 g/mol. The molecule has 3 rings (SSSR count). The molecular formula is C16H20O4. The lowest BCUT2D eigenvalue weighted by atomic mass is 9.64. The van der Waals surface area contributed by atoms with Crippen LogP contribution in [-0.2, 0) is 9.59 Å². The number of Topliss-reactive ketones (excluding diaryl/α,β-unsaturated/α-hetero) is 1. The lowest BCUT2D eigenvalue weighted by Crippen LogP contribution is -2.33. The van der Waals surface area contributed by atoms with Crippen molar-refractivity contribution in [3.8, 4) is 0 Å². The Kier molecular flexibility index (Phi) is 3.40. The molecule has 3 aliphatic rings. The average molecular weight is 276 g/mol. The summed E-state index contributed by atoms with van der Waals surface area (Å²) in [5.41, 5.74) is 0.749. The van der Waals surface area contributed by atoms with Crippen LogP contribution in [0.15, 0.2) is 23.5 Å². The summed E-state index contributed by atoms with van der Waals surface area (Å²) in [6, 6.07) is 0. The predicted molar refractivity (Wildman–Crippen MR) is 73.1 cm³/mol. The highest BCUT2D eigenvalue weighted by Crippen LogP contribution is 2.55. The molecule has 20 heavy (non-hydrogen) atoms. The van der Waals surface area contributed by atoms with E-state index in [-0.39, 0.29) is 17.6 Å². The average Bonchev–Trinajstić information content (AvgIpc) is 2.72. The molecule has 0 saturated heterocycles. The largest absolute Gasteiger partial charge is 0.502 e. The number of carboxylic acids is 1. The van der Waals surface area contributed by atoms with Gasteiger partial charge in [-0.15, -0.1) is 0 Å². The van der Waals surface area contributed by atoms with E-state index in [9.17, 15) is 14.7 Å². The summed E-state index contributed by atoms with van der Waals surface area (Å²) in [6.07, 6.45) is 9.46. The van der Waals surface area contributed by atoms with E-state index in [0.29, 0.717) is 11.8 Å². The van der Waals surface area contributed by atoms with Crippen LogP contribution < -0.4 is 0 Å². The van der Waals surface area contributed by atoms with Gasteiger partial charge in [0.25, 0.3) is 0 Å². The molecule has 0 radical (unpaired) electrons. The third-order valence-electron chi connectivity index (χ3n) is 5.31. The first-order valence-electron chi connectivity index (χ1n) is 7.48. The summed E-state index contributed by atoms with van der Waals surface area (Å²) in [7, 11) is 0. The normalized spacial score (nSPS) is 38.9. The molecule has 0 aromatic rings. The molecule has 0 heterocycles. The van der Waals surface area contributed by atoms with Crippen LogP contribution in [0.25, 0.3) is 0 Å². The number of aliphatic hydroxyl groups is 1. The molecule has 3 fully saturated rings. The fourth-order valence-electron chi connectivity index (χ4n) is 4.56. The van der Waals surface area contributed by atoms with E-state index in [1.165, 1.54) is 12.8 Å². The highest BCUT2D eigenvalue weighted by Gasteiger charge is 2.51. The number of rotatable bonds is 2. The molecule has 108 valence electrons. The van der Waals surface area contributed by atoms with Crippen molar-refractivity contribution in [3.05, 3.63) is 23.5 Å². The van der Waals surface area contributed by atoms with E-state index in [1.807, 2.05) is 0 Å². The number of hydrogen-bond acceptors (Lipinski definition) is 3. The topological polar surface area (TPSA) is 74.6 Å². The van der Waals surface area contributed by atoms with E-state index in [0.717, 1.165) is 37.3 Å². The van der Waals surface area contributed by atoms with Crippen molar-refractivity contribution in [2.24, 2.45) is 23.7 Å². The number of aliphatic carboxylic acids is 1. The monoisotopic (exact) mass is 276 g/mol. The molecule has 0 bridgehead atoms. The van der Waals surface area contributed by atoms with Crippen LogP contribution in [-0.4, -0.2) is 22.0 Å². The number of aliphatic hydroxyl groups excluding tert-OH is 1. The SMILES string of the molecule is O=C(O)/C(O)=C/C=C1\C(=O)C2CCCC3CCCC1C32. The van der Waals surface area contributed by atoms with Crippen molar-refractivity contribution in [2.75, 3.05) is 0 Å². The summed E-state index contributed by atoms with van der Waals surface area (Å²) in [6.45, 7) is 0. The zero-order valence-electron chi connectivity index (χ0n) is 11.4. The van der Waals surface area contributed by atoms with Gasteiger partial charge in [0, 0.05) is 5.92 Å². The number of hydrogen-bond donors (Lipinski definition) is 2. The van der Waals surface area contributed by atoms with Crippen molar-refractivity contribution in [2.45, 2.75) is 38.5 Å². The third kappa shape index (κ3) is 2.07. The van der Waals surface area contributed by atoms with E-state index < -0.39 is 11.7 Å². The first kappa shape index (κ1) is 13.4. The number of carbonyl (C=O) groups is 2. The van der Waals surface area contributed by atoms with Gasteiger partial charge in [-0.2, -0.15) is 0 Å². The summed E-state index contributed by atoms with van der Waals surface area (Å²) in [4.78, 5) is 23.2. The minimum atomic E-state index is -1.36. The first-order chi connectivity index (χ1) is 9.59. The maximum atomic E-state index is 12.5. The van der Waals surface area contributed by atoms with Gasteiger partial charge in [-0.1, -0.05) is 31.8 Å². The Morgan fingerprint density at radius 2 is 1.70 bits per heavy atom. The number of carbonyl (C=O) groups excluding carboxylic acids is 1. The fourth-order valence-corrected chi connectivity index (χ4v) is 4.56. The van der Waals surface area contributed by atoms with Crippen molar-refractivity contribution in [1.29, 1.82) is 0 Å². The van der Waals surface area contributed by atoms with E-state index in [1.54, 1.807) is 6.08 Å². The Balaban J connectivity index is 1.92. The Bertz CT molecular complexity index is 501. The number of ketones is 1. The molecule has 0 spiro atoms. The van der Waals surface area contributed by atoms with Gasteiger partial charge < -0.3 is 10.2 Å². The van der Waals surface area contributed by atoms with Gasteiger partial charge in [0.1, 0.15) is 0 Å². The van der Waals surface area contributed by atoms with Crippen molar-refractivity contribution >= 4 is 11.8 Å². The quantitative estimate of drug-likeness (QED) is 0.600. The van der Waals surface area contributed by atoms with Gasteiger partial charge in [0.05, 0.1) is 0 Å². The van der Waals surface area contributed by atoms with Gasteiger partial charge in [0.15, 0.2) is 5.78 Å². The maximum absolute atomic E-state index is 12.5. The molecule has 0 aromatic carbocycles. The maximum Gasteiger partial charge on any atom is 0.370 e. The van der Waals surface area contributed by atoms with Crippen LogP contribution in [0.3, 0.4) is 0 Å². The molecule has 0 aromatic heterocycles. The van der Waals surface area contributed by atoms with Gasteiger partial charge in [-0.3, -0.25) is 4.79 Å². The number of allylic oxidation sites excluding steroid dienone is 3. The Labute approximate surface area is 118 Å². The Morgan fingerprint density at radius 1 is 1.05 bits per heavy atom. The standard InChI is InChI=1S/C16H20O4/c17-13(16(19)20)8-7-11-10-5-1-3-9-4-2-6-12(14(9)10)15(11)18/h7-10,12,14,17H,1-6H2,(H,19,20)/b11-7-,13-8-. The second-order valence-corrected chi connectivity index (χ2v) is 6.26. The van der Waals surface area contributed by atoms with Crippen LogP contribution in [0.2, 0.25) is 0 Å². The van der Waals surface area contributed by atoms with Crippen LogP contribution in [0, 0.1) is 23.7 Å². The van der Waals surface area contributed by atoms with E-state index in [2.05, 4.69) is 0 Å². The molecule has 0 aliphatic heterocycles. The van der Waals surface area contributed by atoms with Crippen LogP contribution in [0.5, 0.6) is 0 Å². The highest BCUT2D eigenvalue weighted by atomic mass is 16.4. The molecule has 3 aliphatic carbocycles. The van der Waals surface area contributed by atoms with Crippen LogP contribution in [0.1, 0.15) is 38.5 Å². The van der Waals surface area contributed by atoms with Crippen molar-refractivity contribution < 1.29 is 19.8 Å². The lowest BCUT2D eigenvalue weighted by molar-refractivity contribution is -0.135. The predicted octanol–water partition coefficient (Wildman–Crippen LogP) is 2.85. The first-order valence-corrected chi connectivity index (χ1v) is 7.48. The summed E-state index contributed by atoms with van der Waals surface area (Å²) < 4.78 is 0. The molecule has 2 N–H and O–H groups in total. The molecule has 4 unspecified atom stereocenters. The highest BCUT2D eigenvalue weighted by molar-refractivity contribution is 6.01. The van der Waals surface area contributed by atoms with Crippen molar-refractivity contribution in [1.82, 2.24) is 0 Å². The van der Waals surface area contributed by atoms with Crippen LogP contribution in [0.4, 0.5) is 0 Å². The fraction of sp³-hybridized carbons (Fsp3) is 0.625. The molecule has 4 atom stereocenters. The zero-order valence-corrected chi connectivity index (χ0v) is 11.4. The minimum absolute atomic E-state index is 0.144. The smallest absolute Gasteiger partial charge is 0.370 e. The lowest BCUT2D eigenvalue weighted by Gasteiger charge is -2.39. The molecule has 3 saturated carbocycles. The van der Waals surface area contributed by atoms with Crippen molar-refractivity contribution in [3.63, 3.8) is 0 Å². The third-order valence-corrected chi connectivity index (χ3v) is 5.31. The van der Waals surface area contributed by atoms with Crippen LogP contribution >= 0.6 is 0 Å². The molecule has 4 nitrogen and oxygen atoms in total. The summed E-state index contributed by atoms with van der Waals surface area (Å²) in [5, 5.41) is 17.9. The second kappa shape index (κ2) is 5.08. The Hall–Kier alpha value is -1.58. The summed E-state index contributed by atoms with van der Waals surface area (Å²) in [5.74, 6) is -0.300. The van der Waals surface area contributed by atoms with Gasteiger partial charge in [0.2, 0.25) is 5.76 Å². The molecule has 0 amide bonds. The Morgan fingerprint density at radius 3 is 2.35 bits per heavy atom. The van der Waals surface area contributed by atoms with Gasteiger partial charge in [-0.25, -0.2) is 4.79 Å². The minimum Gasteiger partial charge on any atom is -0.502 e. The summed E-state index contributed by atoms with van der Waals surface area (Å²) >= 11 is 0. The molecule has 4 heteroatoms. The number of carboxylic acid groups (broad SMARTS) is 1. The van der Waals surface area contributed by atoms with E-state index in [4.69, 9.17) is 5.11 Å². The second-order valence-electron chi connectivity index (χ2n) is 6.26. The van der Waals surface area contributed by atoms with E-state index >= 15 is 0 Å².